The lowest BCUT2D eigenvalue weighted by atomic mass is 10.2. The van der Waals surface area contributed by atoms with Crippen LogP contribution in [0, 0.1) is 0 Å². The van der Waals surface area contributed by atoms with Gasteiger partial charge in [-0.25, -0.2) is 8.78 Å². The first-order valence-corrected chi connectivity index (χ1v) is 5.42. The van der Waals surface area contributed by atoms with E-state index in [1.165, 1.54) is 0 Å². The highest BCUT2D eigenvalue weighted by Gasteiger charge is 2.41. The molecule has 1 atom stereocenters. The molecule has 0 aromatic rings. The summed E-state index contributed by atoms with van der Waals surface area (Å²) in [5.41, 5.74) is 0. The van der Waals surface area contributed by atoms with E-state index < -0.39 is 25.1 Å². The lowest BCUT2D eigenvalue weighted by molar-refractivity contribution is -0.175. The molecule has 0 fully saturated rings. The summed E-state index contributed by atoms with van der Waals surface area (Å²) in [5, 5.41) is 2.99. The van der Waals surface area contributed by atoms with Crippen molar-refractivity contribution in [3.63, 3.8) is 0 Å². The van der Waals surface area contributed by atoms with E-state index in [0.29, 0.717) is 13.0 Å². The van der Waals surface area contributed by atoms with Gasteiger partial charge in [-0.05, 0) is 19.4 Å². The van der Waals surface area contributed by atoms with E-state index in [0.717, 1.165) is 13.0 Å². The van der Waals surface area contributed by atoms with Crippen molar-refractivity contribution in [3.8, 4) is 0 Å². The van der Waals surface area contributed by atoms with Gasteiger partial charge in [0.2, 0.25) is 0 Å². The van der Waals surface area contributed by atoms with E-state index in [1.807, 2.05) is 6.92 Å². The third-order valence-electron chi connectivity index (χ3n) is 2.08. The van der Waals surface area contributed by atoms with Crippen molar-refractivity contribution in [1.82, 2.24) is 5.32 Å². The molecular weight excluding hydrogens is 226 g/mol. The molecule has 2 nitrogen and oxygen atoms in total. The Balaban J connectivity index is 3.86. The van der Waals surface area contributed by atoms with Crippen LogP contribution in [0.15, 0.2) is 0 Å². The second kappa shape index (κ2) is 7.84. The van der Waals surface area contributed by atoms with Crippen LogP contribution in [0.3, 0.4) is 0 Å². The molecule has 0 amide bonds. The third-order valence-corrected chi connectivity index (χ3v) is 2.08. The Morgan fingerprint density at radius 2 is 1.88 bits per heavy atom. The minimum atomic E-state index is -4.06. The first kappa shape index (κ1) is 15.6. The van der Waals surface area contributed by atoms with Gasteiger partial charge in [-0.1, -0.05) is 13.8 Å². The third kappa shape index (κ3) is 6.27. The van der Waals surface area contributed by atoms with E-state index in [2.05, 4.69) is 5.32 Å². The molecule has 0 saturated heterocycles. The van der Waals surface area contributed by atoms with Crippen molar-refractivity contribution in [3.05, 3.63) is 0 Å². The van der Waals surface area contributed by atoms with E-state index in [9.17, 15) is 17.6 Å². The number of halogens is 4. The summed E-state index contributed by atoms with van der Waals surface area (Å²) in [7, 11) is 0. The first-order chi connectivity index (χ1) is 7.44. The zero-order valence-electron chi connectivity index (χ0n) is 9.61. The number of hydrogen-bond donors (Lipinski definition) is 1. The van der Waals surface area contributed by atoms with E-state index in [-0.39, 0.29) is 0 Å². The number of hydrogen-bond acceptors (Lipinski definition) is 2. The minimum absolute atomic E-state index is 0.406. The smallest absolute Gasteiger partial charge is 0.330 e. The van der Waals surface area contributed by atoms with Crippen molar-refractivity contribution < 1.29 is 22.3 Å². The highest BCUT2D eigenvalue weighted by atomic mass is 19.3. The first-order valence-electron chi connectivity index (χ1n) is 5.42. The quantitative estimate of drug-likeness (QED) is 0.498. The Labute approximate surface area is 93.3 Å². The van der Waals surface area contributed by atoms with Crippen LogP contribution >= 0.6 is 0 Å². The molecule has 1 N–H and O–H groups in total. The van der Waals surface area contributed by atoms with Crippen LogP contribution in [0.4, 0.5) is 17.6 Å². The Bertz CT molecular complexity index is 178. The number of rotatable bonds is 9. The summed E-state index contributed by atoms with van der Waals surface area (Å²) in [6.07, 6.45) is -2.69. The standard InChI is InChI=1S/C10H19F4NO/c1-3-5-15-6-8(4-2)16-7-10(13,14)9(11)12/h8-9,15H,3-7H2,1-2H3. The average molecular weight is 245 g/mol. The molecule has 0 saturated carbocycles. The Hall–Kier alpha value is -0.360. The Morgan fingerprint density at radius 3 is 2.31 bits per heavy atom. The van der Waals surface area contributed by atoms with Gasteiger partial charge in [0, 0.05) is 6.54 Å². The SMILES string of the molecule is CCCNCC(CC)OCC(F)(F)C(F)F. The highest BCUT2D eigenvalue weighted by molar-refractivity contribution is 4.70. The van der Waals surface area contributed by atoms with Gasteiger partial charge in [0.15, 0.2) is 0 Å². The Morgan fingerprint density at radius 1 is 1.25 bits per heavy atom. The van der Waals surface area contributed by atoms with Crippen molar-refractivity contribution in [2.24, 2.45) is 0 Å². The zero-order chi connectivity index (χ0) is 12.6. The van der Waals surface area contributed by atoms with Gasteiger partial charge in [-0.15, -0.1) is 0 Å². The molecule has 16 heavy (non-hydrogen) atoms. The fourth-order valence-electron chi connectivity index (χ4n) is 1.05. The molecule has 1 unspecified atom stereocenters. The normalized spacial score (nSPS) is 14.4. The summed E-state index contributed by atoms with van der Waals surface area (Å²) in [6.45, 7) is 3.67. The van der Waals surface area contributed by atoms with Crippen LogP contribution in [-0.4, -0.2) is 38.1 Å². The lowest BCUT2D eigenvalue weighted by Crippen LogP contribution is -2.37. The van der Waals surface area contributed by atoms with Gasteiger partial charge in [0.25, 0.3) is 0 Å². The van der Waals surface area contributed by atoms with Gasteiger partial charge in [0.05, 0.1) is 6.10 Å². The number of alkyl halides is 4. The molecular formula is C10H19F4NO. The van der Waals surface area contributed by atoms with Crippen molar-refractivity contribution in [2.45, 2.75) is 45.1 Å². The molecule has 0 bridgehead atoms. The molecule has 6 heteroatoms. The summed E-state index contributed by atoms with van der Waals surface area (Å²) < 4.78 is 53.5. The second-order valence-corrected chi connectivity index (χ2v) is 3.61. The zero-order valence-corrected chi connectivity index (χ0v) is 9.61. The second-order valence-electron chi connectivity index (χ2n) is 3.61. The fourth-order valence-corrected chi connectivity index (χ4v) is 1.05. The predicted octanol–water partition coefficient (Wildman–Crippen LogP) is 2.68. The minimum Gasteiger partial charge on any atom is -0.370 e. The molecule has 0 aliphatic heterocycles. The molecule has 0 radical (unpaired) electrons. The summed E-state index contributed by atoms with van der Waals surface area (Å²) >= 11 is 0. The summed E-state index contributed by atoms with van der Waals surface area (Å²) in [4.78, 5) is 0. The van der Waals surface area contributed by atoms with E-state index >= 15 is 0 Å². The molecule has 98 valence electrons. The van der Waals surface area contributed by atoms with Gasteiger partial charge >= 0.3 is 12.3 Å². The molecule has 0 aromatic heterocycles. The molecule has 0 aromatic carbocycles. The maximum atomic E-state index is 12.5. The van der Waals surface area contributed by atoms with Crippen LogP contribution in [0.2, 0.25) is 0 Å². The van der Waals surface area contributed by atoms with Crippen LogP contribution in [0.1, 0.15) is 26.7 Å². The number of ether oxygens (including phenoxy) is 1. The predicted molar refractivity (Wildman–Crippen MR) is 54.1 cm³/mol. The van der Waals surface area contributed by atoms with E-state index in [1.54, 1.807) is 6.92 Å². The maximum Gasteiger partial charge on any atom is 0.330 e. The molecule has 0 heterocycles. The molecule has 0 aliphatic carbocycles. The fraction of sp³-hybridized carbons (Fsp3) is 1.00. The lowest BCUT2D eigenvalue weighted by Gasteiger charge is -2.21. The Kier molecular flexibility index (Phi) is 7.66. The molecule has 0 rings (SSSR count). The molecule has 0 spiro atoms. The van der Waals surface area contributed by atoms with Crippen LogP contribution < -0.4 is 5.32 Å². The monoisotopic (exact) mass is 245 g/mol. The van der Waals surface area contributed by atoms with Crippen molar-refractivity contribution in [2.75, 3.05) is 19.7 Å². The van der Waals surface area contributed by atoms with Gasteiger partial charge in [-0.3, -0.25) is 0 Å². The van der Waals surface area contributed by atoms with Crippen LogP contribution in [0.5, 0.6) is 0 Å². The van der Waals surface area contributed by atoms with Gasteiger partial charge in [-0.2, -0.15) is 8.78 Å². The van der Waals surface area contributed by atoms with E-state index in [4.69, 9.17) is 4.74 Å². The highest BCUT2D eigenvalue weighted by Crippen LogP contribution is 2.23. The van der Waals surface area contributed by atoms with Crippen LogP contribution in [-0.2, 0) is 4.74 Å². The van der Waals surface area contributed by atoms with Crippen molar-refractivity contribution >= 4 is 0 Å². The summed E-state index contributed by atoms with van der Waals surface area (Å²) in [6, 6.07) is 0. The largest absolute Gasteiger partial charge is 0.370 e. The van der Waals surface area contributed by atoms with Crippen molar-refractivity contribution in [1.29, 1.82) is 0 Å². The maximum absolute atomic E-state index is 12.5. The number of nitrogens with one attached hydrogen (secondary N) is 1. The average Bonchev–Trinajstić information content (AvgIpc) is 2.23. The van der Waals surface area contributed by atoms with Gasteiger partial charge < -0.3 is 10.1 Å². The van der Waals surface area contributed by atoms with Crippen LogP contribution in [0.25, 0.3) is 0 Å². The molecule has 0 aliphatic rings. The topological polar surface area (TPSA) is 21.3 Å². The van der Waals surface area contributed by atoms with Gasteiger partial charge in [0.1, 0.15) is 6.61 Å². The summed E-state index contributed by atoms with van der Waals surface area (Å²) in [5.74, 6) is -4.06.